The number of aromatic nitrogens is 5. The molecule has 0 spiro atoms. The van der Waals surface area contributed by atoms with Gasteiger partial charge >= 0.3 is 0 Å². The Balaban J connectivity index is 0.00000192. The maximum atomic E-state index is 4.39. The van der Waals surface area contributed by atoms with Crippen LogP contribution in [-0.2, 0) is 13.6 Å². The van der Waals surface area contributed by atoms with E-state index in [0.717, 1.165) is 38.6 Å². The molecule has 3 rings (SSSR count). The van der Waals surface area contributed by atoms with Crippen molar-refractivity contribution in [3.8, 4) is 0 Å². The topological polar surface area (TPSA) is 76.2 Å². The number of halogens is 1. The summed E-state index contributed by atoms with van der Waals surface area (Å²) in [5.41, 5.74) is 1.31. The van der Waals surface area contributed by atoms with Gasteiger partial charge < -0.3 is 10.2 Å². The second-order valence-electron chi connectivity index (χ2n) is 5.51. The number of rotatable bonds is 4. The predicted octanol–water partition coefficient (Wildman–Crippen LogP) is 0.694. The van der Waals surface area contributed by atoms with Crippen LogP contribution in [0.3, 0.4) is 0 Å². The summed E-state index contributed by atoms with van der Waals surface area (Å²) in [6.07, 6.45) is 8.48. The predicted molar refractivity (Wildman–Crippen MR) is 98.9 cm³/mol. The quantitative estimate of drug-likeness (QED) is 0.439. The fourth-order valence-electron chi connectivity index (χ4n) is 2.84. The molecule has 1 fully saturated rings. The summed E-state index contributed by atoms with van der Waals surface area (Å²) in [6.45, 7) is 3.56. The van der Waals surface area contributed by atoms with Gasteiger partial charge in [-0.15, -0.1) is 24.0 Å². The molecule has 1 saturated heterocycles. The van der Waals surface area contributed by atoms with Gasteiger partial charge in [0, 0.05) is 45.8 Å². The summed E-state index contributed by atoms with van der Waals surface area (Å²) < 4.78 is 3.67. The molecule has 0 aliphatic carbocycles. The highest BCUT2D eigenvalue weighted by Gasteiger charge is 2.26. The molecule has 1 unspecified atom stereocenters. The summed E-state index contributed by atoms with van der Waals surface area (Å²) >= 11 is 0. The molecule has 0 radical (unpaired) electrons. The van der Waals surface area contributed by atoms with Gasteiger partial charge in [-0.25, -0.2) is 4.98 Å². The highest BCUT2D eigenvalue weighted by Crippen LogP contribution is 2.26. The standard InChI is InChI=1S/C14H22N8.HI/c1-15-14(17-4-6-22-11-16-10-19-22)21-5-3-12(9-21)13-7-18-20(2)8-13;/h7-8,10-12H,3-6,9H2,1-2H3,(H,15,17);1H. The maximum Gasteiger partial charge on any atom is 0.193 e. The van der Waals surface area contributed by atoms with Crippen molar-refractivity contribution in [2.45, 2.75) is 18.9 Å². The molecule has 1 aliphatic heterocycles. The van der Waals surface area contributed by atoms with E-state index >= 15 is 0 Å². The molecule has 0 amide bonds. The van der Waals surface area contributed by atoms with Crippen molar-refractivity contribution in [1.82, 2.24) is 34.8 Å². The minimum atomic E-state index is 0. The van der Waals surface area contributed by atoms with E-state index in [4.69, 9.17) is 0 Å². The van der Waals surface area contributed by atoms with E-state index in [-0.39, 0.29) is 24.0 Å². The lowest BCUT2D eigenvalue weighted by molar-refractivity contribution is 0.478. The number of nitrogens with one attached hydrogen (secondary N) is 1. The number of likely N-dealkylation sites (tertiary alicyclic amines) is 1. The molecule has 0 aromatic carbocycles. The Morgan fingerprint density at radius 2 is 2.30 bits per heavy atom. The maximum absolute atomic E-state index is 4.39. The van der Waals surface area contributed by atoms with Crippen molar-refractivity contribution in [1.29, 1.82) is 0 Å². The average Bonchev–Trinajstić information content (AvgIpc) is 3.24. The Bertz CT molecular complexity index is 621. The van der Waals surface area contributed by atoms with Crippen molar-refractivity contribution in [2.75, 3.05) is 26.7 Å². The molecule has 3 heterocycles. The third-order valence-corrected chi connectivity index (χ3v) is 3.99. The third-order valence-electron chi connectivity index (χ3n) is 3.99. The fourth-order valence-corrected chi connectivity index (χ4v) is 2.84. The first-order valence-electron chi connectivity index (χ1n) is 7.53. The van der Waals surface area contributed by atoms with Crippen LogP contribution in [0.25, 0.3) is 0 Å². The largest absolute Gasteiger partial charge is 0.354 e. The van der Waals surface area contributed by atoms with Crippen LogP contribution >= 0.6 is 24.0 Å². The minimum absolute atomic E-state index is 0. The molecule has 1 aliphatic rings. The molecule has 9 heteroatoms. The van der Waals surface area contributed by atoms with Gasteiger partial charge in [-0.05, 0) is 12.0 Å². The first-order valence-corrected chi connectivity index (χ1v) is 7.53. The van der Waals surface area contributed by atoms with Crippen LogP contribution in [0.1, 0.15) is 17.9 Å². The number of hydrogen-bond donors (Lipinski definition) is 1. The molecule has 0 bridgehead atoms. The second kappa shape index (κ2) is 8.27. The summed E-state index contributed by atoms with van der Waals surface area (Å²) in [6, 6.07) is 0. The third kappa shape index (κ3) is 4.43. The minimum Gasteiger partial charge on any atom is -0.354 e. The number of guanidine groups is 1. The van der Waals surface area contributed by atoms with Crippen LogP contribution in [0.15, 0.2) is 30.0 Å². The number of nitrogens with zero attached hydrogens (tertiary/aromatic N) is 7. The zero-order valence-corrected chi connectivity index (χ0v) is 15.8. The fraction of sp³-hybridized carbons (Fsp3) is 0.571. The molecule has 1 atom stereocenters. The normalized spacial score (nSPS) is 18.1. The van der Waals surface area contributed by atoms with E-state index in [0.29, 0.717) is 5.92 Å². The van der Waals surface area contributed by atoms with Crippen molar-refractivity contribution >= 4 is 29.9 Å². The van der Waals surface area contributed by atoms with Crippen molar-refractivity contribution in [3.63, 3.8) is 0 Å². The van der Waals surface area contributed by atoms with Gasteiger partial charge in [0.25, 0.3) is 0 Å². The van der Waals surface area contributed by atoms with Gasteiger partial charge in [-0.2, -0.15) is 10.2 Å². The highest BCUT2D eigenvalue weighted by molar-refractivity contribution is 14.0. The van der Waals surface area contributed by atoms with E-state index in [2.05, 4.69) is 36.6 Å². The second-order valence-corrected chi connectivity index (χ2v) is 5.51. The van der Waals surface area contributed by atoms with Gasteiger partial charge in [0.05, 0.1) is 12.7 Å². The van der Waals surface area contributed by atoms with Gasteiger partial charge in [-0.1, -0.05) is 0 Å². The van der Waals surface area contributed by atoms with Crippen molar-refractivity contribution < 1.29 is 0 Å². The van der Waals surface area contributed by atoms with E-state index in [1.807, 2.05) is 29.7 Å². The van der Waals surface area contributed by atoms with Crippen LogP contribution in [0.2, 0.25) is 0 Å². The molecule has 23 heavy (non-hydrogen) atoms. The number of aryl methyl sites for hydroxylation is 1. The van der Waals surface area contributed by atoms with Crippen LogP contribution in [-0.4, -0.2) is 62.1 Å². The zero-order chi connectivity index (χ0) is 15.4. The van der Waals surface area contributed by atoms with Gasteiger partial charge in [-0.3, -0.25) is 14.4 Å². The summed E-state index contributed by atoms with van der Waals surface area (Å²) in [7, 11) is 3.79. The van der Waals surface area contributed by atoms with Crippen molar-refractivity contribution in [3.05, 3.63) is 30.6 Å². The van der Waals surface area contributed by atoms with Gasteiger partial charge in [0.2, 0.25) is 0 Å². The number of hydrogen-bond acceptors (Lipinski definition) is 4. The van der Waals surface area contributed by atoms with E-state index in [9.17, 15) is 0 Å². The smallest absolute Gasteiger partial charge is 0.193 e. The summed E-state index contributed by atoms with van der Waals surface area (Å²) in [4.78, 5) is 10.6. The lowest BCUT2D eigenvalue weighted by Crippen LogP contribution is -2.41. The first kappa shape index (κ1) is 17.7. The van der Waals surface area contributed by atoms with Crippen LogP contribution < -0.4 is 5.32 Å². The Labute approximate surface area is 153 Å². The summed E-state index contributed by atoms with van der Waals surface area (Å²) in [5, 5.41) is 11.8. The monoisotopic (exact) mass is 430 g/mol. The Morgan fingerprint density at radius 3 is 2.96 bits per heavy atom. The van der Waals surface area contributed by atoms with E-state index in [1.165, 1.54) is 5.56 Å². The SMILES string of the molecule is CN=C(NCCn1cncn1)N1CCC(c2cnn(C)c2)C1.I. The molecule has 2 aromatic heterocycles. The van der Waals surface area contributed by atoms with E-state index < -0.39 is 0 Å². The lowest BCUT2D eigenvalue weighted by atomic mass is 10.0. The highest BCUT2D eigenvalue weighted by atomic mass is 127. The molecule has 8 nitrogen and oxygen atoms in total. The first-order chi connectivity index (χ1) is 10.8. The van der Waals surface area contributed by atoms with Crippen LogP contribution in [0.5, 0.6) is 0 Å². The van der Waals surface area contributed by atoms with Gasteiger partial charge in [0.1, 0.15) is 12.7 Å². The Morgan fingerprint density at radius 1 is 1.43 bits per heavy atom. The molecule has 0 saturated carbocycles. The zero-order valence-electron chi connectivity index (χ0n) is 13.5. The average molecular weight is 430 g/mol. The van der Waals surface area contributed by atoms with Gasteiger partial charge in [0.15, 0.2) is 5.96 Å². The van der Waals surface area contributed by atoms with Crippen LogP contribution in [0, 0.1) is 0 Å². The van der Waals surface area contributed by atoms with E-state index in [1.54, 1.807) is 12.7 Å². The molecule has 126 valence electrons. The Hall–Kier alpha value is -1.65. The molecule has 1 N–H and O–H groups in total. The van der Waals surface area contributed by atoms with Crippen molar-refractivity contribution in [2.24, 2.45) is 12.0 Å². The van der Waals surface area contributed by atoms with Crippen LogP contribution in [0.4, 0.5) is 0 Å². The summed E-state index contributed by atoms with van der Waals surface area (Å²) in [5.74, 6) is 1.48. The molecule has 2 aromatic rings. The molecular weight excluding hydrogens is 407 g/mol. The number of aliphatic imine (C=N–C) groups is 1. The molecular formula is C14H23IN8. The lowest BCUT2D eigenvalue weighted by Gasteiger charge is -2.21. The Kier molecular flexibility index (Phi) is 6.37.